The third kappa shape index (κ3) is 6.46. The molecule has 0 spiro atoms. The Kier molecular flexibility index (Phi) is 8.78. The predicted octanol–water partition coefficient (Wildman–Crippen LogP) is 4.60. The van der Waals surface area contributed by atoms with Gasteiger partial charge < -0.3 is 18.4 Å². The number of amides is 1. The molecule has 36 heavy (non-hydrogen) atoms. The molecule has 0 aliphatic heterocycles. The fourth-order valence-electron chi connectivity index (χ4n) is 3.07. The first-order valence-electron chi connectivity index (χ1n) is 10.7. The number of carbonyl (C=O) groups is 1. The van der Waals surface area contributed by atoms with Crippen molar-refractivity contribution in [1.29, 1.82) is 0 Å². The Bertz CT molecular complexity index is 1370. The molecule has 3 rings (SSSR count). The van der Waals surface area contributed by atoms with Gasteiger partial charge in [0.2, 0.25) is 5.75 Å². The molecule has 0 radical (unpaired) electrons. The number of hydrazone groups is 1. The van der Waals surface area contributed by atoms with Crippen LogP contribution in [0.1, 0.15) is 28.4 Å². The lowest BCUT2D eigenvalue weighted by Crippen LogP contribution is -2.17. The highest BCUT2D eigenvalue weighted by atomic mass is 35.5. The van der Waals surface area contributed by atoms with Crippen LogP contribution in [0.25, 0.3) is 0 Å². The molecule has 0 saturated carbocycles. The standard InChI is InChI=1S/C25H25ClN2O7S/c1-5-34-21-11-8-18(14-22(21)32-3)25(29)28-27-15-17-12-20(26)24(23(13-17)33-4)35-36(30,31)19-9-6-16(2)7-10-19/h6-15H,5H2,1-4H3,(H,28,29)/b27-15+. The van der Waals surface area contributed by atoms with Crippen LogP contribution in [0.15, 0.2) is 64.6 Å². The highest BCUT2D eigenvalue weighted by Crippen LogP contribution is 2.38. The minimum absolute atomic E-state index is 0.0194. The van der Waals surface area contributed by atoms with Gasteiger partial charge in [-0.2, -0.15) is 13.5 Å². The van der Waals surface area contributed by atoms with Crippen molar-refractivity contribution in [2.24, 2.45) is 5.10 Å². The molecule has 0 aliphatic carbocycles. The average molecular weight is 533 g/mol. The number of carbonyl (C=O) groups excluding carboxylic acids is 1. The van der Waals surface area contributed by atoms with Gasteiger partial charge in [-0.1, -0.05) is 29.3 Å². The number of aryl methyl sites for hydroxylation is 1. The Balaban J connectivity index is 1.76. The number of methoxy groups -OCH3 is 2. The summed E-state index contributed by atoms with van der Waals surface area (Å²) in [6, 6.07) is 13.9. The number of nitrogens with one attached hydrogen (secondary N) is 1. The number of halogens is 1. The Hall–Kier alpha value is -3.76. The van der Waals surface area contributed by atoms with Crippen LogP contribution in [-0.2, 0) is 10.1 Å². The molecule has 3 aromatic rings. The fourth-order valence-corrected chi connectivity index (χ4v) is 4.33. The van der Waals surface area contributed by atoms with Crippen LogP contribution in [0.5, 0.6) is 23.0 Å². The first-order chi connectivity index (χ1) is 17.2. The van der Waals surface area contributed by atoms with Crippen molar-refractivity contribution in [2.45, 2.75) is 18.7 Å². The van der Waals surface area contributed by atoms with Gasteiger partial charge in [-0.3, -0.25) is 4.79 Å². The lowest BCUT2D eigenvalue weighted by Gasteiger charge is -2.13. The Morgan fingerprint density at radius 1 is 1.00 bits per heavy atom. The molecule has 1 amide bonds. The van der Waals surface area contributed by atoms with Gasteiger partial charge in [0.25, 0.3) is 5.91 Å². The number of nitrogens with zero attached hydrogens (tertiary/aromatic N) is 1. The minimum atomic E-state index is -4.14. The Morgan fingerprint density at radius 2 is 1.69 bits per heavy atom. The number of benzene rings is 3. The maximum Gasteiger partial charge on any atom is 0.339 e. The molecule has 0 unspecified atom stereocenters. The van der Waals surface area contributed by atoms with E-state index in [0.29, 0.717) is 29.2 Å². The first-order valence-corrected chi connectivity index (χ1v) is 12.5. The molecule has 11 heteroatoms. The van der Waals surface area contributed by atoms with Crippen molar-refractivity contribution in [3.63, 3.8) is 0 Å². The molecular formula is C25H25ClN2O7S. The second-order valence-electron chi connectivity index (χ2n) is 7.38. The molecule has 9 nitrogen and oxygen atoms in total. The SMILES string of the molecule is CCOc1ccc(C(=O)N/N=C/c2cc(Cl)c(OS(=O)(=O)c3ccc(C)cc3)c(OC)c2)cc1OC. The molecule has 0 saturated heterocycles. The molecule has 0 heterocycles. The van der Waals surface area contributed by atoms with E-state index < -0.39 is 16.0 Å². The molecular weight excluding hydrogens is 508 g/mol. The molecule has 190 valence electrons. The van der Waals surface area contributed by atoms with E-state index >= 15 is 0 Å². The van der Waals surface area contributed by atoms with Crippen molar-refractivity contribution < 1.29 is 31.6 Å². The van der Waals surface area contributed by atoms with Crippen molar-refractivity contribution >= 4 is 33.8 Å². The smallest absolute Gasteiger partial charge is 0.339 e. The highest BCUT2D eigenvalue weighted by molar-refractivity contribution is 7.87. The Morgan fingerprint density at radius 3 is 2.33 bits per heavy atom. The fraction of sp³-hybridized carbons (Fsp3) is 0.200. The lowest BCUT2D eigenvalue weighted by molar-refractivity contribution is 0.0954. The van der Waals surface area contributed by atoms with Crippen molar-refractivity contribution in [2.75, 3.05) is 20.8 Å². The summed E-state index contributed by atoms with van der Waals surface area (Å²) in [5.74, 6) is 0.370. The molecule has 1 N–H and O–H groups in total. The molecule has 0 aromatic heterocycles. The normalized spacial score (nSPS) is 11.2. The summed E-state index contributed by atoms with van der Waals surface area (Å²) in [6.07, 6.45) is 1.33. The van der Waals surface area contributed by atoms with Crippen LogP contribution in [0.3, 0.4) is 0 Å². The first kappa shape index (κ1) is 26.8. The molecule has 0 bridgehead atoms. The monoisotopic (exact) mass is 532 g/mol. The maximum atomic E-state index is 12.7. The van der Waals surface area contributed by atoms with Crippen LogP contribution >= 0.6 is 11.6 Å². The second-order valence-corrected chi connectivity index (χ2v) is 9.34. The largest absolute Gasteiger partial charge is 0.493 e. The summed E-state index contributed by atoms with van der Waals surface area (Å²) in [5, 5.41) is 3.92. The van der Waals surface area contributed by atoms with E-state index in [2.05, 4.69) is 10.5 Å². The third-order valence-corrected chi connectivity index (χ3v) is 6.38. The van der Waals surface area contributed by atoms with E-state index in [1.165, 1.54) is 50.8 Å². The number of ether oxygens (including phenoxy) is 3. The number of rotatable bonds is 10. The van der Waals surface area contributed by atoms with E-state index in [4.69, 9.17) is 30.0 Å². The van der Waals surface area contributed by atoms with E-state index in [0.717, 1.165) is 5.56 Å². The third-order valence-electron chi connectivity index (χ3n) is 4.86. The van der Waals surface area contributed by atoms with Gasteiger partial charge in [-0.05, 0) is 61.9 Å². The predicted molar refractivity (Wildman–Crippen MR) is 136 cm³/mol. The van der Waals surface area contributed by atoms with Gasteiger partial charge >= 0.3 is 10.1 Å². The maximum absolute atomic E-state index is 12.7. The summed E-state index contributed by atoms with van der Waals surface area (Å²) in [6.45, 7) is 4.15. The van der Waals surface area contributed by atoms with Gasteiger partial charge in [0.1, 0.15) is 4.90 Å². The van der Waals surface area contributed by atoms with E-state index in [-0.39, 0.29) is 21.4 Å². The van der Waals surface area contributed by atoms with Crippen molar-refractivity contribution in [3.8, 4) is 23.0 Å². The van der Waals surface area contributed by atoms with E-state index in [1.807, 2.05) is 13.8 Å². The topological polar surface area (TPSA) is 113 Å². The summed E-state index contributed by atoms with van der Waals surface area (Å²) in [7, 11) is -1.32. The number of hydrogen-bond acceptors (Lipinski definition) is 8. The molecule has 0 fully saturated rings. The quantitative estimate of drug-likeness (QED) is 0.231. The zero-order chi connectivity index (χ0) is 26.3. The minimum Gasteiger partial charge on any atom is -0.493 e. The van der Waals surface area contributed by atoms with E-state index in [9.17, 15) is 13.2 Å². The van der Waals surface area contributed by atoms with Gasteiger partial charge in [0.05, 0.1) is 32.1 Å². The van der Waals surface area contributed by atoms with E-state index in [1.54, 1.807) is 24.3 Å². The van der Waals surface area contributed by atoms with Crippen molar-refractivity contribution in [3.05, 3.63) is 76.3 Å². The second kappa shape index (κ2) is 11.8. The van der Waals surface area contributed by atoms with Gasteiger partial charge in [-0.15, -0.1) is 0 Å². The number of hydrogen-bond donors (Lipinski definition) is 1. The molecule has 0 aliphatic rings. The zero-order valence-corrected chi connectivity index (χ0v) is 21.6. The van der Waals surface area contributed by atoms with Crippen LogP contribution in [0.4, 0.5) is 0 Å². The van der Waals surface area contributed by atoms with Crippen LogP contribution in [0, 0.1) is 6.92 Å². The molecule has 0 atom stereocenters. The summed E-state index contributed by atoms with van der Waals surface area (Å²) < 4.78 is 46.6. The zero-order valence-electron chi connectivity index (χ0n) is 20.1. The van der Waals surface area contributed by atoms with Crippen LogP contribution in [0.2, 0.25) is 5.02 Å². The highest BCUT2D eigenvalue weighted by Gasteiger charge is 2.22. The molecule has 3 aromatic carbocycles. The van der Waals surface area contributed by atoms with Gasteiger partial charge in [-0.25, -0.2) is 5.43 Å². The van der Waals surface area contributed by atoms with Gasteiger partial charge in [0, 0.05) is 5.56 Å². The lowest BCUT2D eigenvalue weighted by atomic mass is 10.2. The van der Waals surface area contributed by atoms with Crippen LogP contribution in [-0.4, -0.2) is 41.4 Å². The average Bonchev–Trinajstić information content (AvgIpc) is 2.86. The summed E-state index contributed by atoms with van der Waals surface area (Å²) in [5.41, 5.74) is 4.06. The summed E-state index contributed by atoms with van der Waals surface area (Å²) in [4.78, 5) is 12.4. The van der Waals surface area contributed by atoms with Gasteiger partial charge in [0.15, 0.2) is 17.2 Å². The van der Waals surface area contributed by atoms with Crippen molar-refractivity contribution in [1.82, 2.24) is 5.43 Å². The van der Waals surface area contributed by atoms with Crippen LogP contribution < -0.4 is 23.8 Å². The summed E-state index contributed by atoms with van der Waals surface area (Å²) >= 11 is 6.30. The Labute approximate surface area is 214 Å².